The zero-order valence-electron chi connectivity index (χ0n) is 13.3. The number of carbonyl (C=O) groups excluding carboxylic acids is 1. The van der Waals surface area contributed by atoms with E-state index in [-0.39, 0.29) is 12.0 Å². The quantitative estimate of drug-likeness (QED) is 0.587. The number of carbonyl (C=O) groups is 1. The maximum absolute atomic E-state index is 11.9. The van der Waals surface area contributed by atoms with E-state index in [0.717, 1.165) is 31.5 Å². The van der Waals surface area contributed by atoms with Crippen LogP contribution in [0.15, 0.2) is 12.3 Å². The molecule has 114 valence electrons. The number of ether oxygens (including phenoxy) is 1. The largest absolute Gasteiger partial charge is 0.468 e. The second kappa shape index (κ2) is 7.43. The molecule has 0 saturated carbocycles. The summed E-state index contributed by atoms with van der Waals surface area (Å²) in [4.78, 5) is 11.9. The van der Waals surface area contributed by atoms with Gasteiger partial charge in [0, 0.05) is 18.8 Å². The van der Waals surface area contributed by atoms with Crippen LogP contribution in [0, 0.1) is 6.92 Å². The molecule has 5 nitrogen and oxygen atoms in total. The minimum absolute atomic E-state index is 0.193. The third-order valence-electron chi connectivity index (χ3n) is 3.33. The highest BCUT2D eigenvalue weighted by molar-refractivity contribution is 5.80. The molecule has 0 spiro atoms. The van der Waals surface area contributed by atoms with Crippen molar-refractivity contribution in [1.29, 1.82) is 0 Å². The number of hydrogen-bond donors (Lipinski definition) is 1. The molecule has 1 aromatic heterocycles. The van der Waals surface area contributed by atoms with Gasteiger partial charge in [-0.25, -0.2) is 0 Å². The van der Waals surface area contributed by atoms with E-state index in [1.54, 1.807) is 0 Å². The molecule has 5 heteroatoms. The molecule has 0 aliphatic rings. The molecule has 1 aromatic rings. The lowest BCUT2D eigenvalue weighted by Crippen LogP contribution is -2.52. The molecule has 20 heavy (non-hydrogen) atoms. The fraction of sp³-hybridized carbons (Fsp3) is 0.733. The number of hydrogen-bond acceptors (Lipinski definition) is 4. The van der Waals surface area contributed by atoms with Gasteiger partial charge in [0.2, 0.25) is 0 Å². The summed E-state index contributed by atoms with van der Waals surface area (Å²) in [5, 5.41) is 7.67. The topological polar surface area (TPSA) is 56.2 Å². The lowest BCUT2D eigenvalue weighted by atomic mass is 9.94. The number of nitrogens with zero attached hydrogens (tertiary/aromatic N) is 2. The van der Waals surface area contributed by atoms with E-state index in [2.05, 4.69) is 10.4 Å². The van der Waals surface area contributed by atoms with Crippen molar-refractivity contribution in [3.63, 3.8) is 0 Å². The van der Waals surface area contributed by atoms with Gasteiger partial charge >= 0.3 is 5.97 Å². The Morgan fingerprint density at radius 3 is 2.70 bits per heavy atom. The Morgan fingerprint density at radius 2 is 2.20 bits per heavy atom. The zero-order valence-corrected chi connectivity index (χ0v) is 13.3. The van der Waals surface area contributed by atoms with Crippen molar-refractivity contribution >= 4 is 5.97 Å². The number of aryl methyl sites for hydroxylation is 2. The average Bonchev–Trinajstić information content (AvgIpc) is 2.78. The van der Waals surface area contributed by atoms with Crippen molar-refractivity contribution in [2.75, 3.05) is 7.11 Å². The Morgan fingerprint density at radius 1 is 1.50 bits per heavy atom. The SMILES string of the molecule is COC(=O)C(C)(CCCCn1ccc(C)n1)NC(C)C. The van der Waals surface area contributed by atoms with E-state index in [4.69, 9.17) is 4.74 Å². The molecule has 0 bridgehead atoms. The predicted molar refractivity (Wildman–Crippen MR) is 79.5 cm³/mol. The molecule has 0 saturated heterocycles. The minimum atomic E-state index is -0.608. The molecule has 0 amide bonds. The molecule has 0 aliphatic carbocycles. The second-order valence-electron chi connectivity index (χ2n) is 5.80. The van der Waals surface area contributed by atoms with Gasteiger partial charge in [0.1, 0.15) is 5.54 Å². The zero-order chi connectivity index (χ0) is 15.2. The summed E-state index contributed by atoms with van der Waals surface area (Å²) >= 11 is 0. The van der Waals surface area contributed by atoms with E-state index in [1.165, 1.54) is 7.11 Å². The van der Waals surface area contributed by atoms with Crippen LogP contribution in [-0.2, 0) is 16.1 Å². The summed E-state index contributed by atoms with van der Waals surface area (Å²) in [6.45, 7) is 8.85. The number of unbranched alkanes of at least 4 members (excludes halogenated alkanes) is 1. The highest BCUT2D eigenvalue weighted by atomic mass is 16.5. The first kappa shape index (κ1) is 16.7. The van der Waals surface area contributed by atoms with Gasteiger partial charge in [-0.15, -0.1) is 0 Å². The molecule has 1 rings (SSSR count). The molecule has 0 radical (unpaired) electrons. The Balaban J connectivity index is 2.44. The molecular weight excluding hydrogens is 254 g/mol. The molecule has 1 atom stereocenters. The fourth-order valence-electron chi connectivity index (χ4n) is 2.44. The molecule has 1 heterocycles. The average molecular weight is 281 g/mol. The van der Waals surface area contributed by atoms with Crippen LogP contribution in [-0.4, -0.2) is 34.4 Å². The fourth-order valence-corrected chi connectivity index (χ4v) is 2.44. The molecular formula is C15H27N3O2. The summed E-state index contributed by atoms with van der Waals surface area (Å²) < 4.78 is 6.86. The molecule has 0 fully saturated rings. The van der Waals surface area contributed by atoms with Gasteiger partial charge in [0.15, 0.2) is 0 Å². The Kier molecular flexibility index (Phi) is 6.20. The minimum Gasteiger partial charge on any atom is -0.468 e. The van der Waals surface area contributed by atoms with Crippen molar-refractivity contribution in [1.82, 2.24) is 15.1 Å². The highest BCUT2D eigenvalue weighted by Crippen LogP contribution is 2.17. The molecule has 0 aromatic carbocycles. The van der Waals surface area contributed by atoms with Gasteiger partial charge in [-0.1, -0.05) is 0 Å². The Bertz CT molecular complexity index is 429. The van der Waals surface area contributed by atoms with Crippen LogP contribution in [0.1, 0.15) is 45.7 Å². The maximum atomic E-state index is 11.9. The monoisotopic (exact) mass is 281 g/mol. The van der Waals surface area contributed by atoms with E-state index in [1.807, 2.05) is 44.6 Å². The van der Waals surface area contributed by atoms with Crippen molar-refractivity contribution in [2.45, 2.75) is 65.1 Å². The van der Waals surface area contributed by atoms with E-state index >= 15 is 0 Å². The lowest BCUT2D eigenvalue weighted by Gasteiger charge is -2.30. The van der Waals surface area contributed by atoms with Gasteiger partial charge in [-0.3, -0.25) is 14.8 Å². The number of esters is 1. The van der Waals surface area contributed by atoms with Crippen LogP contribution in [0.25, 0.3) is 0 Å². The molecule has 1 N–H and O–H groups in total. The summed E-state index contributed by atoms with van der Waals surface area (Å²) in [5.41, 5.74) is 0.425. The van der Waals surface area contributed by atoms with Gasteiger partial charge in [-0.05, 0) is 53.0 Å². The standard InChI is InChI=1S/C15H27N3O2/c1-12(2)16-15(4,14(19)20-5)9-6-7-10-18-11-8-13(3)17-18/h8,11-12,16H,6-7,9-10H2,1-5H3. The van der Waals surface area contributed by atoms with E-state index in [0.29, 0.717) is 0 Å². The van der Waals surface area contributed by atoms with Crippen LogP contribution in [0.3, 0.4) is 0 Å². The van der Waals surface area contributed by atoms with Gasteiger partial charge in [0.05, 0.1) is 12.8 Å². The molecule has 1 unspecified atom stereocenters. The van der Waals surface area contributed by atoms with Gasteiger partial charge in [-0.2, -0.15) is 5.10 Å². The van der Waals surface area contributed by atoms with Crippen LogP contribution < -0.4 is 5.32 Å². The lowest BCUT2D eigenvalue weighted by molar-refractivity contribution is -0.148. The van der Waals surface area contributed by atoms with Crippen molar-refractivity contribution < 1.29 is 9.53 Å². The smallest absolute Gasteiger partial charge is 0.325 e. The molecule has 0 aliphatic heterocycles. The predicted octanol–water partition coefficient (Wildman–Crippen LogP) is 2.29. The summed E-state index contributed by atoms with van der Waals surface area (Å²) in [6.07, 6.45) is 4.69. The van der Waals surface area contributed by atoms with Crippen LogP contribution in [0.5, 0.6) is 0 Å². The second-order valence-corrected chi connectivity index (χ2v) is 5.80. The van der Waals surface area contributed by atoms with E-state index < -0.39 is 5.54 Å². The summed E-state index contributed by atoms with van der Waals surface area (Å²) in [5.74, 6) is -0.193. The van der Waals surface area contributed by atoms with Crippen LogP contribution in [0.4, 0.5) is 0 Å². The first-order chi connectivity index (χ1) is 9.37. The number of rotatable bonds is 8. The Labute approximate surface area is 121 Å². The summed E-state index contributed by atoms with van der Waals surface area (Å²) in [7, 11) is 1.44. The Hall–Kier alpha value is -1.36. The number of nitrogens with one attached hydrogen (secondary N) is 1. The maximum Gasteiger partial charge on any atom is 0.325 e. The number of methoxy groups -OCH3 is 1. The normalized spacial score (nSPS) is 14.3. The number of aromatic nitrogens is 2. The third kappa shape index (κ3) is 4.96. The van der Waals surface area contributed by atoms with Crippen LogP contribution in [0.2, 0.25) is 0 Å². The highest BCUT2D eigenvalue weighted by Gasteiger charge is 2.33. The van der Waals surface area contributed by atoms with Gasteiger partial charge in [0.25, 0.3) is 0 Å². The van der Waals surface area contributed by atoms with Gasteiger partial charge < -0.3 is 4.74 Å². The third-order valence-corrected chi connectivity index (χ3v) is 3.33. The van der Waals surface area contributed by atoms with Crippen molar-refractivity contribution in [3.05, 3.63) is 18.0 Å². The van der Waals surface area contributed by atoms with Crippen molar-refractivity contribution in [3.8, 4) is 0 Å². The van der Waals surface area contributed by atoms with Crippen molar-refractivity contribution in [2.24, 2.45) is 0 Å². The van der Waals surface area contributed by atoms with Crippen LogP contribution >= 0.6 is 0 Å². The van der Waals surface area contributed by atoms with E-state index in [9.17, 15) is 4.79 Å². The first-order valence-electron chi connectivity index (χ1n) is 7.23. The first-order valence-corrected chi connectivity index (χ1v) is 7.23. The summed E-state index contributed by atoms with van der Waals surface area (Å²) in [6, 6.07) is 2.24.